The van der Waals surface area contributed by atoms with E-state index in [1.807, 2.05) is 0 Å². The average molecular weight is 297 g/mol. The third-order valence-electron chi connectivity index (χ3n) is 4.25. The zero-order chi connectivity index (χ0) is 13.2. The number of alkyl halides is 2. The van der Waals surface area contributed by atoms with Crippen molar-refractivity contribution >= 4 is 18.3 Å². The predicted molar refractivity (Wildman–Crippen MR) is 72.7 cm³/mol. The van der Waals surface area contributed by atoms with E-state index in [9.17, 15) is 13.6 Å². The Kier molecular flexibility index (Phi) is 5.99. The molecule has 1 amide bonds. The summed E-state index contributed by atoms with van der Waals surface area (Å²) >= 11 is 0. The van der Waals surface area contributed by atoms with E-state index in [1.165, 1.54) is 19.3 Å². The maximum atomic E-state index is 13.0. The SMILES string of the molecule is CC1CCCCC1CNC(=O)C1CC(F)(F)CN1.Cl. The zero-order valence-corrected chi connectivity index (χ0v) is 12.1. The van der Waals surface area contributed by atoms with Gasteiger partial charge in [-0.05, 0) is 18.3 Å². The molecule has 0 aromatic rings. The molecule has 0 aromatic heterocycles. The molecule has 2 aliphatic rings. The van der Waals surface area contributed by atoms with Gasteiger partial charge in [0.05, 0.1) is 12.6 Å². The lowest BCUT2D eigenvalue weighted by Gasteiger charge is -2.29. The minimum Gasteiger partial charge on any atom is -0.354 e. The molecular weight excluding hydrogens is 274 g/mol. The minimum atomic E-state index is -2.74. The lowest BCUT2D eigenvalue weighted by Crippen LogP contribution is -2.43. The van der Waals surface area contributed by atoms with Gasteiger partial charge in [-0.25, -0.2) is 8.78 Å². The maximum Gasteiger partial charge on any atom is 0.262 e. The molecule has 0 spiro atoms. The van der Waals surface area contributed by atoms with Crippen LogP contribution in [0.25, 0.3) is 0 Å². The molecule has 0 aromatic carbocycles. The average Bonchev–Trinajstić information content (AvgIpc) is 2.68. The van der Waals surface area contributed by atoms with E-state index in [1.54, 1.807) is 0 Å². The van der Waals surface area contributed by atoms with Crippen molar-refractivity contribution < 1.29 is 13.6 Å². The monoisotopic (exact) mass is 296 g/mol. The summed E-state index contributed by atoms with van der Waals surface area (Å²) in [5, 5.41) is 5.41. The van der Waals surface area contributed by atoms with Crippen LogP contribution >= 0.6 is 12.4 Å². The quantitative estimate of drug-likeness (QED) is 0.839. The fourth-order valence-corrected chi connectivity index (χ4v) is 2.95. The number of carbonyl (C=O) groups excluding carboxylic acids is 1. The Morgan fingerprint density at radius 2 is 2.05 bits per heavy atom. The second-order valence-corrected chi connectivity index (χ2v) is 5.76. The molecule has 2 fully saturated rings. The summed E-state index contributed by atoms with van der Waals surface area (Å²) in [7, 11) is 0. The minimum absolute atomic E-state index is 0. The number of nitrogens with one attached hydrogen (secondary N) is 2. The van der Waals surface area contributed by atoms with Crippen molar-refractivity contribution in [3.05, 3.63) is 0 Å². The van der Waals surface area contributed by atoms with Crippen LogP contribution in [0.1, 0.15) is 39.0 Å². The molecular formula is C13H23ClF2N2O. The van der Waals surface area contributed by atoms with E-state index in [-0.39, 0.29) is 31.3 Å². The highest BCUT2D eigenvalue weighted by Crippen LogP contribution is 2.29. The third kappa shape index (κ3) is 4.56. The van der Waals surface area contributed by atoms with E-state index in [2.05, 4.69) is 17.6 Å². The van der Waals surface area contributed by atoms with E-state index in [0.717, 1.165) is 6.42 Å². The summed E-state index contributed by atoms with van der Waals surface area (Å²) < 4.78 is 25.9. The van der Waals surface area contributed by atoms with Gasteiger partial charge >= 0.3 is 0 Å². The number of hydrogen-bond acceptors (Lipinski definition) is 2. The van der Waals surface area contributed by atoms with Crippen LogP contribution in [-0.4, -0.2) is 31.0 Å². The summed E-state index contributed by atoms with van der Waals surface area (Å²) in [5.41, 5.74) is 0. The topological polar surface area (TPSA) is 41.1 Å². The predicted octanol–water partition coefficient (Wildman–Crippen LogP) is 2.35. The molecule has 112 valence electrons. The van der Waals surface area contributed by atoms with Crippen molar-refractivity contribution in [2.24, 2.45) is 11.8 Å². The van der Waals surface area contributed by atoms with Gasteiger partial charge in [0.25, 0.3) is 5.92 Å². The highest BCUT2D eigenvalue weighted by molar-refractivity contribution is 5.85. The zero-order valence-electron chi connectivity index (χ0n) is 11.3. The van der Waals surface area contributed by atoms with E-state index in [0.29, 0.717) is 18.4 Å². The number of rotatable bonds is 3. The van der Waals surface area contributed by atoms with Gasteiger partial charge in [0, 0.05) is 13.0 Å². The Labute approximate surface area is 119 Å². The van der Waals surface area contributed by atoms with Crippen LogP contribution in [0.3, 0.4) is 0 Å². The smallest absolute Gasteiger partial charge is 0.262 e. The molecule has 1 heterocycles. The molecule has 1 saturated heterocycles. The standard InChI is InChI=1S/C13H22F2N2O.ClH/c1-9-4-2-3-5-10(9)7-16-12(18)11-6-13(14,15)8-17-11;/h9-11,17H,2-8H2,1H3,(H,16,18);1H. The molecule has 1 saturated carbocycles. The number of hydrogen-bond donors (Lipinski definition) is 2. The van der Waals surface area contributed by atoms with Gasteiger partial charge in [-0.3, -0.25) is 10.1 Å². The van der Waals surface area contributed by atoms with Crippen LogP contribution in [-0.2, 0) is 4.79 Å². The first-order chi connectivity index (χ1) is 8.48. The molecule has 0 radical (unpaired) electrons. The first-order valence-electron chi connectivity index (χ1n) is 6.87. The normalized spacial score (nSPS) is 33.5. The van der Waals surface area contributed by atoms with E-state index >= 15 is 0 Å². The van der Waals surface area contributed by atoms with Crippen LogP contribution in [0.5, 0.6) is 0 Å². The van der Waals surface area contributed by atoms with E-state index in [4.69, 9.17) is 0 Å². The summed E-state index contributed by atoms with van der Waals surface area (Å²) in [6, 6.07) is -0.723. The number of carbonyl (C=O) groups is 1. The third-order valence-corrected chi connectivity index (χ3v) is 4.25. The summed E-state index contributed by atoms with van der Waals surface area (Å²) in [5.74, 6) is -1.88. The van der Waals surface area contributed by atoms with Crippen LogP contribution in [0.15, 0.2) is 0 Å². The summed E-state index contributed by atoms with van der Waals surface area (Å²) in [6.45, 7) is 2.45. The highest BCUT2D eigenvalue weighted by Gasteiger charge is 2.42. The summed E-state index contributed by atoms with van der Waals surface area (Å²) in [6.07, 6.45) is 4.45. The van der Waals surface area contributed by atoms with Crippen LogP contribution in [0.4, 0.5) is 8.78 Å². The van der Waals surface area contributed by atoms with E-state index < -0.39 is 12.0 Å². The molecule has 3 atom stereocenters. The van der Waals surface area contributed by atoms with Crippen molar-refractivity contribution in [1.82, 2.24) is 10.6 Å². The van der Waals surface area contributed by atoms with Crippen LogP contribution in [0, 0.1) is 11.8 Å². The molecule has 19 heavy (non-hydrogen) atoms. The van der Waals surface area contributed by atoms with Crippen molar-refractivity contribution in [2.45, 2.75) is 51.0 Å². The Bertz CT molecular complexity index is 315. The Balaban J connectivity index is 0.00000180. The van der Waals surface area contributed by atoms with Crippen molar-refractivity contribution in [2.75, 3.05) is 13.1 Å². The van der Waals surface area contributed by atoms with Gasteiger partial charge in [0.15, 0.2) is 0 Å². The lowest BCUT2D eigenvalue weighted by molar-refractivity contribution is -0.123. The van der Waals surface area contributed by atoms with Crippen LogP contribution in [0.2, 0.25) is 0 Å². The number of amides is 1. The molecule has 0 bridgehead atoms. The fourth-order valence-electron chi connectivity index (χ4n) is 2.95. The Morgan fingerprint density at radius 1 is 1.37 bits per heavy atom. The molecule has 3 nitrogen and oxygen atoms in total. The van der Waals surface area contributed by atoms with Gasteiger partial charge in [0.2, 0.25) is 5.91 Å². The highest BCUT2D eigenvalue weighted by atomic mass is 35.5. The fraction of sp³-hybridized carbons (Fsp3) is 0.923. The molecule has 1 aliphatic carbocycles. The summed E-state index contributed by atoms with van der Waals surface area (Å²) in [4.78, 5) is 11.8. The maximum absolute atomic E-state index is 13.0. The van der Waals surface area contributed by atoms with Crippen molar-refractivity contribution in [3.63, 3.8) is 0 Å². The molecule has 6 heteroatoms. The van der Waals surface area contributed by atoms with Crippen molar-refractivity contribution in [3.8, 4) is 0 Å². The van der Waals surface area contributed by atoms with Gasteiger partial charge < -0.3 is 5.32 Å². The Morgan fingerprint density at radius 3 is 2.63 bits per heavy atom. The second-order valence-electron chi connectivity index (χ2n) is 5.76. The molecule has 2 N–H and O–H groups in total. The van der Waals surface area contributed by atoms with Gasteiger partial charge in [-0.1, -0.05) is 26.2 Å². The molecule has 3 unspecified atom stereocenters. The first kappa shape index (κ1) is 16.6. The van der Waals surface area contributed by atoms with Gasteiger partial charge in [0.1, 0.15) is 0 Å². The lowest BCUT2D eigenvalue weighted by atomic mass is 9.80. The van der Waals surface area contributed by atoms with Gasteiger partial charge in [-0.15, -0.1) is 12.4 Å². The van der Waals surface area contributed by atoms with Crippen LogP contribution < -0.4 is 10.6 Å². The Hall–Kier alpha value is -0.420. The second kappa shape index (κ2) is 6.84. The van der Waals surface area contributed by atoms with Crippen molar-refractivity contribution in [1.29, 1.82) is 0 Å². The molecule has 1 aliphatic heterocycles. The van der Waals surface area contributed by atoms with Gasteiger partial charge in [-0.2, -0.15) is 0 Å². The molecule has 2 rings (SSSR count). The number of halogens is 3. The first-order valence-corrected chi connectivity index (χ1v) is 6.87. The largest absolute Gasteiger partial charge is 0.354 e.